The number of nitrogens with zero attached hydrogens (tertiary/aromatic N) is 1. The van der Waals surface area contributed by atoms with Gasteiger partial charge in [-0.15, -0.1) is 0 Å². The van der Waals surface area contributed by atoms with E-state index in [-0.39, 0.29) is 5.92 Å². The highest BCUT2D eigenvalue weighted by Gasteiger charge is 2.24. The maximum atomic E-state index is 11.7. The summed E-state index contributed by atoms with van der Waals surface area (Å²) in [5.74, 6) is 1.49. The molecule has 2 heteroatoms. The average Bonchev–Trinajstić information content (AvgIpc) is 2.28. The molecule has 0 N–H and O–H groups in total. The van der Waals surface area contributed by atoms with Crippen molar-refractivity contribution < 1.29 is 4.79 Å². The van der Waals surface area contributed by atoms with Crippen molar-refractivity contribution >= 4 is 5.78 Å². The third kappa shape index (κ3) is 3.89. The molecule has 0 radical (unpaired) electrons. The van der Waals surface area contributed by atoms with Gasteiger partial charge in [-0.2, -0.15) is 0 Å². The number of Topliss-reactive ketones (excluding diaryl/α,β-unsaturated/α-hetero) is 1. The topological polar surface area (TPSA) is 20.3 Å². The third-order valence-corrected chi connectivity index (χ3v) is 4.07. The lowest BCUT2D eigenvalue weighted by Gasteiger charge is -2.34. The highest BCUT2D eigenvalue weighted by atomic mass is 16.1. The van der Waals surface area contributed by atoms with Crippen molar-refractivity contribution in [2.24, 2.45) is 11.8 Å². The van der Waals surface area contributed by atoms with E-state index in [1.807, 2.05) is 13.8 Å². The van der Waals surface area contributed by atoms with Gasteiger partial charge in [-0.1, -0.05) is 27.2 Å². The van der Waals surface area contributed by atoms with Crippen molar-refractivity contribution in [1.29, 1.82) is 0 Å². The molecule has 0 aliphatic heterocycles. The van der Waals surface area contributed by atoms with Crippen molar-refractivity contribution in [2.45, 2.75) is 58.9 Å². The molecular formula is C14H27NO. The molecular weight excluding hydrogens is 198 g/mol. The smallest absolute Gasteiger partial charge is 0.149 e. The van der Waals surface area contributed by atoms with Gasteiger partial charge in [0.05, 0.1) is 6.54 Å². The second-order valence-electron chi connectivity index (χ2n) is 5.62. The second kappa shape index (κ2) is 6.39. The van der Waals surface area contributed by atoms with E-state index in [4.69, 9.17) is 0 Å². The van der Waals surface area contributed by atoms with Crippen molar-refractivity contribution in [3.63, 3.8) is 0 Å². The molecule has 0 atom stereocenters. The van der Waals surface area contributed by atoms with Gasteiger partial charge < -0.3 is 0 Å². The Morgan fingerprint density at radius 3 is 2.25 bits per heavy atom. The summed E-state index contributed by atoms with van der Waals surface area (Å²) < 4.78 is 0. The zero-order valence-corrected chi connectivity index (χ0v) is 11.3. The van der Waals surface area contributed by atoms with Crippen LogP contribution < -0.4 is 0 Å². The maximum absolute atomic E-state index is 11.7. The summed E-state index contributed by atoms with van der Waals surface area (Å²) in [5, 5.41) is 0. The van der Waals surface area contributed by atoms with Gasteiger partial charge in [-0.05, 0) is 38.6 Å². The zero-order valence-electron chi connectivity index (χ0n) is 11.3. The summed E-state index contributed by atoms with van der Waals surface area (Å²) in [6.07, 6.45) is 6.57. The molecule has 0 aromatic heterocycles. The molecule has 16 heavy (non-hydrogen) atoms. The number of hydrogen-bond acceptors (Lipinski definition) is 2. The van der Waals surface area contributed by atoms with E-state index >= 15 is 0 Å². The number of carbonyl (C=O) groups excluding carboxylic acids is 1. The number of rotatable bonds is 5. The van der Waals surface area contributed by atoms with Crippen LogP contribution in [0.5, 0.6) is 0 Å². The Bertz CT molecular complexity index is 217. The molecule has 1 aliphatic rings. The van der Waals surface area contributed by atoms with Crippen LogP contribution in [0.25, 0.3) is 0 Å². The average molecular weight is 225 g/mol. The van der Waals surface area contributed by atoms with Crippen LogP contribution in [0.2, 0.25) is 0 Å². The van der Waals surface area contributed by atoms with Gasteiger partial charge in [0.15, 0.2) is 0 Å². The molecule has 0 bridgehead atoms. The summed E-state index contributed by atoms with van der Waals surface area (Å²) in [4.78, 5) is 13.9. The van der Waals surface area contributed by atoms with Crippen molar-refractivity contribution in [3.05, 3.63) is 0 Å². The molecule has 0 aromatic rings. The van der Waals surface area contributed by atoms with Gasteiger partial charge in [-0.3, -0.25) is 9.69 Å². The lowest BCUT2D eigenvalue weighted by atomic mass is 9.84. The van der Waals surface area contributed by atoms with E-state index in [0.29, 0.717) is 18.4 Å². The Morgan fingerprint density at radius 2 is 1.81 bits per heavy atom. The summed E-state index contributed by atoms with van der Waals surface area (Å²) in [5.41, 5.74) is 0. The van der Waals surface area contributed by atoms with Crippen LogP contribution in [0.15, 0.2) is 0 Å². The standard InChI is InChI=1S/C14H27NO/c1-5-12-6-8-13(9-7-12)15(4)10-14(16)11(2)3/h11-13H,5-10H2,1-4H3. The van der Waals surface area contributed by atoms with Crippen LogP contribution in [0.1, 0.15) is 52.9 Å². The van der Waals surface area contributed by atoms with Crippen LogP contribution >= 0.6 is 0 Å². The molecule has 1 aliphatic carbocycles. The fraction of sp³-hybridized carbons (Fsp3) is 0.929. The van der Waals surface area contributed by atoms with E-state index in [1.54, 1.807) is 0 Å². The Kier molecular flexibility index (Phi) is 5.47. The molecule has 1 rings (SSSR count). The van der Waals surface area contributed by atoms with Crippen LogP contribution in [-0.2, 0) is 4.79 Å². The van der Waals surface area contributed by atoms with E-state index < -0.39 is 0 Å². The summed E-state index contributed by atoms with van der Waals surface area (Å²) >= 11 is 0. The minimum atomic E-state index is 0.175. The van der Waals surface area contributed by atoms with E-state index in [1.165, 1.54) is 32.1 Å². The van der Waals surface area contributed by atoms with Crippen molar-refractivity contribution in [3.8, 4) is 0 Å². The normalized spacial score (nSPS) is 26.4. The number of hydrogen-bond donors (Lipinski definition) is 0. The summed E-state index contributed by atoms with van der Waals surface area (Å²) in [6, 6.07) is 0.644. The van der Waals surface area contributed by atoms with Crippen LogP contribution in [0, 0.1) is 11.8 Å². The molecule has 1 fully saturated rings. The molecule has 94 valence electrons. The molecule has 0 heterocycles. The minimum Gasteiger partial charge on any atom is -0.298 e. The molecule has 0 spiro atoms. The largest absolute Gasteiger partial charge is 0.298 e. The lowest BCUT2D eigenvalue weighted by molar-refractivity contribution is -0.123. The second-order valence-corrected chi connectivity index (χ2v) is 5.62. The van der Waals surface area contributed by atoms with E-state index in [9.17, 15) is 4.79 Å². The van der Waals surface area contributed by atoms with Gasteiger partial charge in [0.2, 0.25) is 0 Å². The molecule has 0 saturated heterocycles. The Balaban J connectivity index is 2.33. The van der Waals surface area contributed by atoms with Gasteiger partial charge in [0.25, 0.3) is 0 Å². The van der Waals surface area contributed by atoms with E-state index in [2.05, 4.69) is 18.9 Å². The first-order valence-corrected chi connectivity index (χ1v) is 6.77. The Morgan fingerprint density at radius 1 is 1.25 bits per heavy atom. The SMILES string of the molecule is CCC1CCC(N(C)CC(=O)C(C)C)CC1. The third-order valence-electron chi connectivity index (χ3n) is 4.07. The minimum absolute atomic E-state index is 0.175. The monoisotopic (exact) mass is 225 g/mol. The first kappa shape index (κ1) is 13.7. The van der Waals surface area contributed by atoms with Crippen LogP contribution in [0.4, 0.5) is 0 Å². The predicted molar refractivity (Wildman–Crippen MR) is 68.5 cm³/mol. The first-order valence-electron chi connectivity index (χ1n) is 6.77. The van der Waals surface area contributed by atoms with Gasteiger partial charge in [0, 0.05) is 12.0 Å². The summed E-state index contributed by atoms with van der Waals surface area (Å²) in [7, 11) is 2.11. The molecule has 0 unspecified atom stereocenters. The summed E-state index contributed by atoms with van der Waals surface area (Å²) in [6.45, 7) is 6.91. The first-order chi connectivity index (χ1) is 7.54. The number of carbonyl (C=O) groups is 1. The van der Waals surface area contributed by atoms with E-state index in [0.717, 1.165) is 5.92 Å². The fourth-order valence-corrected chi connectivity index (χ4v) is 2.55. The van der Waals surface area contributed by atoms with Crippen molar-refractivity contribution in [1.82, 2.24) is 4.90 Å². The quantitative estimate of drug-likeness (QED) is 0.716. The number of likely N-dealkylation sites (N-methyl/N-ethyl adjacent to an activating group) is 1. The molecule has 0 amide bonds. The van der Waals surface area contributed by atoms with Crippen LogP contribution in [-0.4, -0.2) is 30.3 Å². The highest BCUT2D eigenvalue weighted by Crippen LogP contribution is 2.28. The lowest BCUT2D eigenvalue weighted by Crippen LogP contribution is -2.39. The zero-order chi connectivity index (χ0) is 12.1. The Labute approximate surface area is 100 Å². The maximum Gasteiger partial charge on any atom is 0.149 e. The van der Waals surface area contributed by atoms with Gasteiger partial charge >= 0.3 is 0 Å². The number of ketones is 1. The Hall–Kier alpha value is -0.370. The highest BCUT2D eigenvalue weighted by molar-refractivity contribution is 5.82. The molecule has 2 nitrogen and oxygen atoms in total. The predicted octanol–water partition coefficient (Wildman–Crippen LogP) is 3.11. The molecule has 0 aromatic carbocycles. The van der Waals surface area contributed by atoms with Gasteiger partial charge in [0.1, 0.15) is 5.78 Å². The van der Waals surface area contributed by atoms with Gasteiger partial charge in [-0.25, -0.2) is 0 Å². The van der Waals surface area contributed by atoms with Crippen molar-refractivity contribution in [2.75, 3.05) is 13.6 Å². The molecule has 1 saturated carbocycles. The fourth-order valence-electron chi connectivity index (χ4n) is 2.55. The van der Waals surface area contributed by atoms with Crippen LogP contribution in [0.3, 0.4) is 0 Å².